The van der Waals surface area contributed by atoms with Crippen molar-refractivity contribution in [3.05, 3.63) is 83.4 Å². The van der Waals surface area contributed by atoms with Gasteiger partial charge in [0.15, 0.2) is 17.3 Å². The molecule has 30 heavy (non-hydrogen) atoms. The van der Waals surface area contributed by atoms with Gasteiger partial charge in [-0.3, -0.25) is 4.79 Å². The van der Waals surface area contributed by atoms with Gasteiger partial charge in [0.05, 0.1) is 26.9 Å². The number of rotatable bonds is 9. The highest BCUT2D eigenvalue weighted by Gasteiger charge is 2.22. The molecule has 0 spiro atoms. The smallest absolute Gasteiger partial charge is 0.173 e. The van der Waals surface area contributed by atoms with E-state index in [0.717, 1.165) is 11.3 Å². The quantitative estimate of drug-likeness (QED) is 0.489. The first-order chi connectivity index (χ1) is 14.6. The van der Waals surface area contributed by atoms with Crippen LogP contribution in [0.25, 0.3) is 0 Å². The average Bonchev–Trinajstić information content (AvgIpc) is 2.81. The highest BCUT2D eigenvalue weighted by molar-refractivity contribution is 6.03. The molecular formula is C25H27NO4. The summed E-state index contributed by atoms with van der Waals surface area (Å²) in [7, 11) is 4.75. The molecule has 0 unspecified atom stereocenters. The minimum Gasteiger partial charge on any atom is -0.496 e. The van der Waals surface area contributed by atoms with Crippen molar-refractivity contribution in [1.29, 1.82) is 0 Å². The summed E-state index contributed by atoms with van der Waals surface area (Å²) in [5.74, 6) is 1.40. The van der Waals surface area contributed by atoms with Crippen LogP contribution in [0.5, 0.6) is 17.2 Å². The fraction of sp³-hybridized carbons (Fsp3) is 0.240. The summed E-state index contributed by atoms with van der Waals surface area (Å²) in [4.78, 5) is 13.2. The normalized spacial score (nSPS) is 11.5. The van der Waals surface area contributed by atoms with Crippen molar-refractivity contribution in [2.45, 2.75) is 19.4 Å². The van der Waals surface area contributed by atoms with Crippen LogP contribution in [0.1, 0.15) is 34.3 Å². The standard InChI is InChI=1S/C25H27NO4/c1-17(19-10-13-22(28-2)24(14-19)30-4)25(27)21-12-11-20(15-23(21)29-3)26-16-18-8-6-5-7-9-18/h5-15,17,26H,16H2,1-4H3/t17-/m0/s1. The SMILES string of the molecule is COc1ccc([C@H](C)C(=O)c2ccc(NCc3ccccc3)cc2OC)cc1OC. The molecule has 0 heterocycles. The number of carbonyl (C=O) groups excluding carboxylic acids is 1. The van der Waals surface area contributed by atoms with Gasteiger partial charge in [0.1, 0.15) is 5.75 Å². The summed E-state index contributed by atoms with van der Waals surface area (Å²) >= 11 is 0. The lowest BCUT2D eigenvalue weighted by Crippen LogP contribution is -2.12. The molecule has 1 N–H and O–H groups in total. The maximum atomic E-state index is 13.2. The van der Waals surface area contributed by atoms with E-state index in [1.807, 2.05) is 61.5 Å². The van der Waals surface area contributed by atoms with Crippen LogP contribution in [-0.4, -0.2) is 27.1 Å². The van der Waals surface area contributed by atoms with Crippen molar-refractivity contribution in [3.63, 3.8) is 0 Å². The average molecular weight is 405 g/mol. The van der Waals surface area contributed by atoms with Gasteiger partial charge in [-0.2, -0.15) is 0 Å². The zero-order chi connectivity index (χ0) is 21.5. The van der Waals surface area contributed by atoms with Crippen LogP contribution in [0.15, 0.2) is 66.7 Å². The van der Waals surface area contributed by atoms with Crippen LogP contribution >= 0.6 is 0 Å². The minimum atomic E-state index is -0.359. The molecule has 0 fully saturated rings. The van der Waals surface area contributed by atoms with Gasteiger partial charge in [0, 0.05) is 24.2 Å². The third kappa shape index (κ3) is 4.74. The van der Waals surface area contributed by atoms with Crippen molar-refractivity contribution in [1.82, 2.24) is 0 Å². The molecular weight excluding hydrogens is 378 g/mol. The molecule has 1 atom stereocenters. The Kier molecular flexibility index (Phi) is 6.96. The van der Waals surface area contributed by atoms with E-state index in [-0.39, 0.29) is 11.7 Å². The van der Waals surface area contributed by atoms with Crippen LogP contribution in [0.2, 0.25) is 0 Å². The van der Waals surface area contributed by atoms with Crippen LogP contribution in [0.3, 0.4) is 0 Å². The molecule has 3 aromatic carbocycles. The first-order valence-electron chi connectivity index (χ1n) is 9.79. The molecule has 0 aliphatic heterocycles. The Morgan fingerprint density at radius 2 is 1.53 bits per heavy atom. The van der Waals surface area contributed by atoms with Crippen molar-refractivity contribution in [3.8, 4) is 17.2 Å². The predicted molar refractivity (Wildman–Crippen MR) is 119 cm³/mol. The fourth-order valence-electron chi connectivity index (χ4n) is 3.31. The Bertz CT molecular complexity index is 1000. The van der Waals surface area contributed by atoms with Crippen molar-refractivity contribution in [2.75, 3.05) is 26.6 Å². The lowest BCUT2D eigenvalue weighted by Gasteiger charge is -2.17. The third-order valence-electron chi connectivity index (χ3n) is 5.11. The number of Topliss-reactive ketones (excluding diaryl/α,β-unsaturated/α-hetero) is 1. The van der Waals surface area contributed by atoms with E-state index >= 15 is 0 Å². The summed E-state index contributed by atoms with van der Waals surface area (Å²) in [5.41, 5.74) is 3.47. The molecule has 3 aromatic rings. The van der Waals surface area contributed by atoms with Crippen LogP contribution in [0, 0.1) is 0 Å². The van der Waals surface area contributed by atoms with Gasteiger partial charge >= 0.3 is 0 Å². The maximum absolute atomic E-state index is 13.2. The van der Waals surface area contributed by atoms with Gasteiger partial charge < -0.3 is 19.5 Å². The topological polar surface area (TPSA) is 56.8 Å². The van der Waals surface area contributed by atoms with E-state index in [0.29, 0.717) is 29.4 Å². The number of ether oxygens (including phenoxy) is 3. The summed E-state index contributed by atoms with van der Waals surface area (Å²) in [5, 5.41) is 3.37. The van der Waals surface area contributed by atoms with E-state index in [1.54, 1.807) is 21.3 Å². The van der Waals surface area contributed by atoms with Crippen LogP contribution < -0.4 is 19.5 Å². The molecule has 0 aliphatic carbocycles. The summed E-state index contributed by atoms with van der Waals surface area (Å²) in [6, 6.07) is 21.2. The van der Waals surface area contributed by atoms with Crippen molar-refractivity contribution in [2.24, 2.45) is 0 Å². The molecule has 0 saturated carbocycles. The highest BCUT2D eigenvalue weighted by Crippen LogP contribution is 2.34. The van der Waals surface area contributed by atoms with Crippen molar-refractivity contribution < 1.29 is 19.0 Å². The lowest BCUT2D eigenvalue weighted by atomic mass is 9.91. The monoisotopic (exact) mass is 405 g/mol. The van der Waals surface area contributed by atoms with E-state index in [1.165, 1.54) is 5.56 Å². The number of anilines is 1. The van der Waals surface area contributed by atoms with Gasteiger partial charge in [0.2, 0.25) is 0 Å². The van der Waals surface area contributed by atoms with Crippen LogP contribution in [0.4, 0.5) is 5.69 Å². The molecule has 156 valence electrons. The Morgan fingerprint density at radius 3 is 2.20 bits per heavy atom. The van der Waals surface area contributed by atoms with Gasteiger partial charge in [0.25, 0.3) is 0 Å². The maximum Gasteiger partial charge on any atom is 0.173 e. The molecule has 5 nitrogen and oxygen atoms in total. The second-order valence-electron chi connectivity index (χ2n) is 6.95. The second kappa shape index (κ2) is 9.83. The van der Waals surface area contributed by atoms with Crippen LogP contribution in [-0.2, 0) is 6.54 Å². The van der Waals surface area contributed by atoms with E-state index in [2.05, 4.69) is 17.4 Å². The highest BCUT2D eigenvalue weighted by atomic mass is 16.5. The van der Waals surface area contributed by atoms with E-state index < -0.39 is 0 Å². The number of hydrogen-bond donors (Lipinski definition) is 1. The van der Waals surface area contributed by atoms with Gasteiger partial charge in [-0.15, -0.1) is 0 Å². The number of ketones is 1. The first kappa shape index (κ1) is 21.2. The Hall–Kier alpha value is -3.47. The Morgan fingerprint density at radius 1 is 0.833 bits per heavy atom. The minimum absolute atomic E-state index is 0.0197. The Labute approximate surface area is 177 Å². The third-order valence-corrected chi connectivity index (χ3v) is 5.11. The largest absolute Gasteiger partial charge is 0.496 e. The summed E-state index contributed by atoms with van der Waals surface area (Å²) < 4.78 is 16.2. The predicted octanol–water partition coefficient (Wildman–Crippen LogP) is 5.31. The first-order valence-corrected chi connectivity index (χ1v) is 9.79. The van der Waals surface area contributed by atoms with E-state index in [9.17, 15) is 4.79 Å². The Balaban J connectivity index is 1.79. The van der Waals surface area contributed by atoms with Crippen molar-refractivity contribution >= 4 is 11.5 Å². The summed E-state index contributed by atoms with van der Waals surface area (Å²) in [6.07, 6.45) is 0. The van der Waals surface area contributed by atoms with Gasteiger partial charge in [-0.25, -0.2) is 0 Å². The number of hydrogen-bond acceptors (Lipinski definition) is 5. The molecule has 3 rings (SSSR count). The van der Waals surface area contributed by atoms with Gasteiger partial charge in [-0.05, 0) is 35.4 Å². The second-order valence-corrected chi connectivity index (χ2v) is 6.95. The van der Waals surface area contributed by atoms with Gasteiger partial charge in [-0.1, -0.05) is 43.3 Å². The number of benzene rings is 3. The number of carbonyl (C=O) groups is 1. The van der Waals surface area contributed by atoms with E-state index in [4.69, 9.17) is 14.2 Å². The molecule has 0 bridgehead atoms. The molecule has 0 aromatic heterocycles. The fourth-order valence-corrected chi connectivity index (χ4v) is 3.31. The number of methoxy groups -OCH3 is 3. The molecule has 0 saturated heterocycles. The summed E-state index contributed by atoms with van der Waals surface area (Å²) in [6.45, 7) is 2.57. The zero-order valence-electron chi connectivity index (χ0n) is 17.8. The number of nitrogens with one attached hydrogen (secondary N) is 1. The molecule has 0 radical (unpaired) electrons. The molecule has 0 amide bonds. The lowest BCUT2D eigenvalue weighted by molar-refractivity contribution is 0.0963. The zero-order valence-corrected chi connectivity index (χ0v) is 17.8. The molecule has 5 heteroatoms. The molecule has 0 aliphatic rings.